The summed E-state index contributed by atoms with van der Waals surface area (Å²) in [6.45, 7) is 5.59. The Hall–Kier alpha value is -1.27. The third kappa shape index (κ3) is 5.93. The van der Waals surface area contributed by atoms with Crippen LogP contribution in [-0.4, -0.2) is 41.5 Å². The second kappa shape index (κ2) is 7.13. The molecule has 0 radical (unpaired) electrons. The predicted molar refractivity (Wildman–Crippen MR) is 72.5 cm³/mol. The zero-order chi connectivity index (χ0) is 16.2. The number of amides is 2. The molecule has 1 saturated heterocycles. The normalized spacial score (nSPS) is 24.2. The molecule has 0 spiro atoms. The zero-order valence-corrected chi connectivity index (χ0v) is 12.7. The summed E-state index contributed by atoms with van der Waals surface area (Å²) in [5, 5.41) is 2.67. The summed E-state index contributed by atoms with van der Waals surface area (Å²) in [6.07, 6.45) is -4.65. The molecule has 122 valence electrons. The van der Waals surface area contributed by atoms with Gasteiger partial charge in [-0.2, -0.15) is 13.2 Å². The number of hydrogen-bond acceptors (Lipinski definition) is 2. The van der Waals surface area contributed by atoms with E-state index in [4.69, 9.17) is 0 Å². The minimum atomic E-state index is -4.22. The van der Waals surface area contributed by atoms with Gasteiger partial charge in [-0.25, -0.2) is 0 Å². The molecule has 0 aliphatic carbocycles. The SMILES string of the molecule is CC(C)CC1NC(=O)CC(C)N(CCCC(F)(F)F)C1=O. The van der Waals surface area contributed by atoms with Crippen LogP contribution >= 0.6 is 0 Å². The second-order valence-corrected chi connectivity index (χ2v) is 6.05. The van der Waals surface area contributed by atoms with E-state index in [2.05, 4.69) is 5.32 Å². The molecule has 0 aromatic carbocycles. The van der Waals surface area contributed by atoms with Crippen molar-refractivity contribution in [2.24, 2.45) is 5.92 Å². The molecule has 1 fully saturated rings. The quantitative estimate of drug-likeness (QED) is 0.848. The lowest BCUT2D eigenvalue weighted by Crippen LogP contribution is -2.47. The van der Waals surface area contributed by atoms with E-state index in [0.29, 0.717) is 6.42 Å². The van der Waals surface area contributed by atoms with Crippen LogP contribution < -0.4 is 5.32 Å². The molecule has 7 heteroatoms. The van der Waals surface area contributed by atoms with Crippen LogP contribution in [0.5, 0.6) is 0 Å². The van der Waals surface area contributed by atoms with E-state index in [1.54, 1.807) is 6.92 Å². The van der Waals surface area contributed by atoms with E-state index in [9.17, 15) is 22.8 Å². The molecule has 1 heterocycles. The number of nitrogens with zero attached hydrogens (tertiary/aromatic N) is 1. The van der Waals surface area contributed by atoms with Crippen molar-refractivity contribution in [2.45, 2.75) is 64.7 Å². The molecule has 1 aliphatic heterocycles. The molecule has 0 bridgehead atoms. The second-order valence-electron chi connectivity index (χ2n) is 6.05. The van der Waals surface area contributed by atoms with Crippen LogP contribution in [0, 0.1) is 5.92 Å². The summed E-state index contributed by atoms with van der Waals surface area (Å²) in [6, 6.07) is -1.00. The minimum absolute atomic E-state index is 0.0308. The molecule has 1 rings (SSSR count). The van der Waals surface area contributed by atoms with Gasteiger partial charge in [0, 0.05) is 25.4 Å². The molecule has 2 amide bonds. The molecule has 0 aromatic heterocycles. The van der Waals surface area contributed by atoms with Crippen molar-refractivity contribution in [2.75, 3.05) is 6.54 Å². The number of nitrogens with one attached hydrogen (secondary N) is 1. The molecular formula is C14H23F3N2O2. The van der Waals surface area contributed by atoms with Crippen LogP contribution in [0.1, 0.15) is 46.5 Å². The van der Waals surface area contributed by atoms with Crippen LogP contribution in [-0.2, 0) is 9.59 Å². The number of hydrogen-bond donors (Lipinski definition) is 1. The third-order valence-electron chi connectivity index (χ3n) is 3.50. The highest BCUT2D eigenvalue weighted by atomic mass is 19.4. The van der Waals surface area contributed by atoms with Gasteiger partial charge in [0.05, 0.1) is 0 Å². The molecule has 0 aromatic rings. The highest BCUT2D eigenvalue weighted by Gasteiger charge is 2.35. The third-order valence-corrected chi connectivity index (χ3v) is 3.50. The Balaban J connectivity index is 2.73. The van der Waals surface area contributed by atoms with Gasteiger partial charge in [0.15, 0.2) is 0 Å². The van der Waals surface area contributed by atoms with Crippen molar-refractivity contribution in [3.63, 3.8) is 0 Å². The maximum atomic E-state index is 12.4. The number of alkyl halides is 3. The van der Waals surface area contributed by atoms with Gasteiger partial charge < -0.3 is 10.2 Å². The highest BCUT2D eigenvalue weighted by molar-refractivity contribution is 5.90. The summed E-state index contributed by atoms with van der Waals surface area (Å²) >= 11 is 0. The van der Waals surface area contributed by atoms with E-state index in [-0.39, 0.29) is 43.2 Å². The van der Waals surface area contributed by atoms with E-state index in [0.717, 1.165) is 0 Å². The fourth-order valence-corrected chi connectivity index (χ4v) is 2.52. The van der Waals surface area contributed by atoms with Crippen LogP contribution in [0.2, 0.25) is 0 Å². The first-order valence-electron chi connectivity index (χ1n) is 7.26. The van der Waals surface area contributed by atoms with Crippen LogP contribution in [0.15, 0.2) is 0 Å². The van der Waals surface area contributed by atoms with Crippen molar-refractivity contribution in [3.05, 3.63) is 0 Å². The molecule has 21 heavy (non-hydrogen) atoms. The number of carbonyl (C=O) groups is 2. The fourth-order valence-electron chi connectivity index (χ4n) is 2.52. The van der Waals surface area contributed by atoms with Gasteiger partial charge in [0.25, 0.3) is 0 Å². The fraction of sp³-hybridized carbons (Fsp3) is 0.857. The lowest BCUT2D eigenvalue weighted by atomic mass is 10.0. The Morgan fingerprint density at radius 1 is 1.33 bits per heavy atom. The van der Waals surface area contributed by atoms with E-state index >= 15 is 0 Å². The van der Waals surface area contributed by atoms with Gasteiger partial charge in [0.2, 0.25) is 11.8 Å². The maximum Gasteiger partial charge on any atom is 0.389 e. The summed E-state index contributed by atoms with van der Waals surface area (Å²) in [5.41, 5.74) is 0. The molecular weight excluding hydrogens is 285 g/mol. The number of rotatable bonds is 5. The van der Waals surface area contributed by atoms with Crippen molar-refractivity contribution in [1.29, 1.82) is 0 Å². The smallest absolute Gasteiger partial charge is 0.344 e. The Labute approximate surface area is 123 Å². The summed E-state index contributed by atoms with van der Waals surface area (Å²) in [7, 11) is 0. The largest absolute Gasteiger partial charge is 0.389 e. The Kier molecular flexibility index (Phi) is 6.04. The lowest BCUT2D eigenvalue weighted by molar-refractivity contribution is -0.142. The maximum absolute atomic E-state index is 12.4. The summed E-state index contributed by atoms with van der Waals surface area (Å²) in [5.74, 6) is -0.284. The Bertz CT molecular complexity index is 383. The van der Waals surface area contributed by atoms with Crippen molar-refractivity contribution in [1.82, 2.24) is 10.2 Å². The van der Waals surface area contributed by atoms with Gasteiger partial charge in [-0.15, -0.1) is 0 Å². The topological polar surface area (TPSA) is 49.4 Å². The Morgan fingerprint density at radius 3 is 2.48 bits per heavy atom. The average molecular weight is 308 g/mol. The molecule has 1 aliphatic rings. The van der Waals surface area contributed by atoms with E-state index < -0.39 is 18.6 Å². The predicted octanol–water partition coefficient (Wildman–Crippen LogP) is 2.48. The molecule has 4 nitrogen and oxygen atoms in total. The lowest BCUT2D eigenvalue weighted by Gasteiger charge is -2.29. The van der Waals surface area contributed by atoms with Gasteiger partial charge in [0.1, 0.15) is 6.04 Å². The number of carbonyl (C=O) groups excluding carboxylic acids is 2. The summed E-state index contributed by atoms with van der Waals surface area (Å²) < 4.78 is 36.7. The van der Waals surface area contributed by atoms with Crippen LogP contribution in [0.4, 0.5) is 13.2 Å². The first kappa shape index (κ1) is 17.8. The average Bonchev–Trinajstić information content (AvgIpc) is 2.38. The van der Waals surface area contributed by atoms with E-state index in [1.807, 2.05) is 13.8 Å². The minimum Gasteiger partial charge on any atom is -0.344 e. The number of halogens is 3. The zero-order valence-electron chi connectivity index (χ0n) is 12.7. The molecule has 0 saturated carbocycles. The van der Waals surface area contributed by atoms with Crippen LogP contribution in [0.3, 0.4) is 0 Å². The van der Waals surface area contributed by atoms with E-state index in [1.165, 1.54) is 4.90 Å². The van der Waals surface area contributed by atoms with Crippen LogP contribution in [0.25, 0.3) is 0 Å². The van der Waals surface area contributed by atoms with Crippen molar-refractivity contribution >= 4 is 11.8 Å². The first-order chi connectivity index (χ1) is 9.60. The molecule has 2 atom stereocenters. The van der Waals surface area contributed by atoms with Crippen molar-refractivity contribution in [3.8, 4) is 0 Å². The molecule has 2 unspecified atom stereocenters. The first-order valence-corrected chi connectivity index (χ1v) is 7.26. The van der Waals surface area contributed by atoms with Gasteiger partial charge >= 0.3 is 6.18 Å². The van der Waals surface area contributed by atoms with Gasteiger partial charge in [-0.05, 0) is 25.7 Å². The highest BCUT2D eigenvalue weighted by Crippen LogP contribution is 2.23. The molecule has 1 N–H and O–H groups in total. The van der Waals surface area contributed by atoms with Crippen molar-refractivity contribution < 1.29 is 22.8 Å². The van der Waals surface area contributed by atoms with Gasteiger partial charge in [-0.3, -0.25) is 9.59 Å². The standard InChI is InChI=1S/C14H23F3N2O2/c1-9(2)7-11-13(21)19(6-4-5-14(15,16)17)10(3)8-12(20)18-11/h9-11H,4-8H2,1-3H3,(H,18,20). The summed E-state index contributed by atoms with van der Waals surface area (Å²) in [4.78, 5) is 25.6. The monoisotopic (exact) mass is 308 g/mol. The van der Waals surface area contributed by atoms with Gasteiger partial charge in [-0.1, -0.05) is 13.8 Å². The Morgan fingerprint density at radius 2 is 1.95 bits per heavy atom.